The number of ether oxygens (including phenoxy) is 2. The number of hydrogen-bond acceptors (Lipinski definition) is 4. The van der Waals surface area contributed by atoms with E-state index in [0.29, 0.717) is 39.0 Å². The Balaban J connectivity index is 1.75. The highest BCUT2D eigenvalue weighted by atomic mass is 16.5. The van der Waals surface area contributed by atoms with Gasteiger partial charge in [-0.1, -0.05) is 42.5 Å². The molecule has 154 valence electrons. The van der Waals surface area contributed by atoms with Gasteiger partial charge in [0, 0.05) is 25.8 Å². The van der Waals surface area contributed by atoms with E-state index in [9.17, 15) is 9.59 Å². The van der Waals surface area contributed by atoms with Gasteiger partial charge in [-0.05, 0) is 30.0 Å². The number of methoxy groups -OCH3 is 2. The Morgan fingerprint density at radius 3 is 2.48 bits per heavy atom. The molecule has 3 rings (SSSR count). The predicted octanol–water partition coefficient (Wildman–Crippen LogP) is 2.65. The first kappa shape index (κ1) is 20.9. The molecule has 1 fully saturated rings. The van der Waals surface area contributed by atoms with Gasteiger partial charge in [-0.25, -0.2) is 0 Å². The maximum absolute atomic E-state index is 12.3. The number of nitrogens with zero attached hydrogens (tertiary/aromatic N) is 1. The molecule has 0 aromatic heterocycles. The van der Waals surface area contributed by atoms with Crippen LogP contribution in [0.2, 0.25) is 0 Å². The summed E-state index contributed by atoms with van der Waals surface area (Å²) in [6.45, 7) is 1.28. The molecule has 0 aliphatic carbocycles. The Morgan fingerprint density at radius 1 is 1.10 bits per heavy atom. The van der Waals surface area contributed by atoms with Crippen LogP contribution in [0.25, 0.3) is 11.1 Å². The van der Waals surface area contributed by atoms with E-state index >= 15 is 0 Å². The van der Waals surface area contributed by atoms with Gasteiger partial charge in [0.15, 0.2) is 0 Å². The van der Waals surface area contributed by atoms with Crippen molar-refractivity contribution in [1.29, 1.82) is 0 Å². The summed E-state index contributed by atoms with van der Waals surface area (Å²) >= 11 is 0. The largest absolute Gasteiger partial charge is 0.496 e. The molecule has 1 heterocycles. The van der Waals surface area contributed by atoms with E-state index in [1.165, 1.54) is 0 Å². The van der Waals surface area contributed by atoms with Gasteiger partial charge in [-0.15, -0.1) is 0 Å². The quantitative estimate of drug-likeness (QED) is 0.744. The molecule has 0 unspecified atom stereocenters. The van der Waals surface area contributed by atoms with Crippen molar-refractivity contribution in [2.45, 2.75) is 19.3 Å². The zero-order valence-corrected chi connectivity index (χ0v) is 17.0. The summed E-state index contributed by atoms with van der Waals surface area (Å²) in [5, 5.41) is 0. The second-order valence-corrected chi connectivity index (χ2v) is 7.53. The van der Waals surface area contributed by atoms with Crippen molar-refractivity contribution in [3.05, 3.63) is 54.1 Å². The first-order valence-corrected chi connectivity index (χ1v) is 9.78. The van der Waals surface area contributed by atoms with E-state index in [4.69, 9.17) is 15.2 Å². The number of benzene rings is 2. The highest BCUT2D eigenvalue weighted by Crippen LogP contribution is 2.35. The lowest BCUT2D eigenvalue weighted by Gasteiger charge is -2.26. The lowest BCUT2D eigenvalue weighted by molar-refractivity contribution is -0.132. The van der Waals surface area contributed by atoms with Gasteiger partial charge in [0.1, 0.15) is 5.75 Å². The number of likely N-dealkylation sites (tertiary alicyclic amines) is 1. The number of nitrogens with two attached hydrogens (primary N) is 1. The van der Waals surface area contributed by atoms with E-state index in [2.05, 4.69) is 0 Å². The molecule has 0 saturated carbocycles. The maximum Gasteiger partial charge on any atom is 0.225 e. The van der Waals surface area contributed by atoms with Crippen molar-refractivity contribution < 1.29 is 19.1 Å². The molecule has 2 aromatic carbocycles. The molecular weight excluding hydrogens is 368 g/mol. The van der Waals surface area contributed by atoms with Crippen LogP contribution in [-0.4, -0.2) is 50.6 Å². The average molecular weight is 396 g/mol. The minimum absolute atomic E-state index is 0.00138. The minimum atomic E-state index is -0.727. The summed E-state index contributed by atoms with van der Waals surface area (Å²) in [4.78, 5) is 26.4. The number of amides is 2. The van der Waals surface area contributed by atoms with Crippen molar-refractivity contribution in [1.82, 2.24) is 4.90 Å². The van der Waals surface area contributed by atoms with Crippen LogP contribution in [0.15, 0.2) is 48.5 Å². The van der Waals surface area contributed by atoms with Gasteiger partial charge in [-0.3, -0.25) is 9.59 Å². The molecule has 2 amide bonds. The summed E-state index contributed by atoms with van der Waals surface area (Å²) in [6.07, 6.45) is 1.41. The Morgan fingerprint density at radius 2 is 1.83 bits per heavy atom. The van der Waals surface area contributed by atoms with E-state index in [1.54, 1.807) is 19.1 Å². The standard InChI is InChI=1S/C23H28N2O4/c1-28-14-11-21(26)25-13-12-23(16-25,22(24)27)15-17-7-9-18(10-8-17)19-5-3-4-6-20(19)29-2/h3-10H,11-16H2,1-2H3,(H2,24,27)/t23-/m1/s1. The first-order valence-electron chi connectivity index (χ1n) is 9.78. The van der Waals surface area contributed by atoms with Gasteiger partial charge < -0.3 is 20.1 Å². The lowest BCUT2D eigenvalue weighted by atomic mass is 9.80. The van der Waals surface area contributed by atoms with Crippen molar-refractivity contribution in [3.63, 3.8) is 0 Å². The number of rotatable bonds is 8. The van der Waals surface area contributed by atoms with Gasteiger partial charge in [0.05, 0.1) is 25.6 Å². The van der Waals surface area contributed by atoms with Gasteiger partial charge >= 0.3 is 0 Å². The normalized spacial score (nSPS) is 18.6. The van der Waals surface area contributed by atoms with Crippen LogP contribution in [0.4, 0.5) is 0 Å². The monoisotopic (exact) mass is 396 g/mol. The zero-order chi connectivity index (χ0) is 20.9. The van der Waals surface area contributed by atoms with Crippen molar-refractivity contribution in [3.8, 4) is 16.9 Å². The SMILES string of the molecule is COCCC(=O)N1CC[C@](Cc2ccc(-c3ccccc3OC)cc2)(C(N)=O)C1. The minimum Gasteiger partial charge on any atom is -0.496 e. The zero-order valence-electron chi connectivity index (χ0n) is 17.0. The fourth-order valence-corrected chi connectivity index (χ4v) is 3.94. The molecule has 2 N–H and O–H groups in total. The van der Waals surface area contributed by atoms with E-state index in [1.807, 2.05) is 48.5 Å². The van der Waals surface area contributed by atoms with Crippen LogP contribution in [0.3, 0.4) is 0 Å². The number of hydrogen-bond donors (Lipinski definition) is 1. The van der Waals surface area contributed by atoms with Gasteiger partial charge in [0.25, 0.3) is 0 Å². The molecule has 6 nitrogen and oxygen atoms in total. The molecule has 6 heteroatoms. The number of primary amides is 1. The number of carbonyl (C=O) groups is 2. The molecule has 1 saturated heterocycles. The van der Waals surface area contributed by atoms with Crippen molar-refractivity contribution >= 4 is 11.8 Å². The third-order valence-electron chi connectivity index (χ3n) is 5.66. The van der Waals surface area contributed by atoms with Crippen LogP contribution < -0.4 is 10.5 Å². The molecular formula is C23H28N2O4. The summed E-state index contributed by atoms with van der Waals surface area (Å²) in [7, 11) is 3.23. The Kier molecular flexibility index (Phi) is 6.54. The Labute approximate surface area is 171 Å². The Hall–Kier alpha value is -2.86. The lowest BCUT2D eigenvalue weighted by Crippen LogP contribution is -2.42. The summed E-state index contributed by atoms with van der Waals surface area (Å²) in [6, 6.07) is 15.9. The van der Waals surface area contributed by atoms with E-state index in [0.717, 1.165) is 22.4 Å². The highest BCUT2D eigenvalue weighted by Gasteiger charge is 2.44. The average Bonchev–Trinajstić information content (AvgIpc) is 3.18. The molecule has 0 bridgehead atoms. The van der Waals surface area contributed by atoms with Crippen LogP contribution >= 0.6 is 0 Å². The topological polar surface area (TPSA) is 81.9 Å². The third kappa shape index (κ3) is 4.59. The summed E-state index contributed by atoms with van der Waals surface area (Å²) in [5.41, 5.74) is 8.14. The van der Waals surface area contributed by atoms with Crippen LogP contribution in [-0.2, 0) is 20.7 Å². The molecule has 1 aliphatic rings. The van der Waals surface area contributed by atoms with Crippen molar-refractivity contribution in [2.75, 3.05) is 33.9 Å². The molecule has 1 aliphatic heterocycles. The smallest absolute Gasteiger partial charge is 0.225 e. The second-order valence-electron chi connectivity index (χ2n) is 7.53. The summed E-state index contributed by atoms with van der Waals surface area (Å²) < 4.78 is 10.4. The van der Waals surface area contributed by atoms with Crippen molar-refractivity contribution in [2.24, 2.45) is 11.1 Å². The molecule has 29 heavy (non-hydrogen) atoms. The molecule has 1 atom stereocenters. The third-order valence-corrected chi connectivity index (χ3v) is 5.66. The predicted molar refractivity (Wildman–Crippen MR) is 111 cm³/mol. The first-order chi connectivity index (χ1) is 14.0. The highest BCUT2D eigenvalue weighted by molar-refractivity contribution is 5.84. The molecule has 0 spiro atoms. The second kappa shape index (κ2) is 9.09. The fourth-order valence-electron chi connectivity index (χ4n) is 3.94. The number of carbonyl (C=O) groups excluding carboxylic acids is 2. The molecule has 2 aromatic rings. The van der Waals surface area contributed by atoms with E-state index < -0.39 is 5.41 Å². The number of para-hydroxylation sites is 1. The fraction of sp³-hybridized carbons (Fsp3) is 0.391. The Bertz CT molecular complexity index is 865. The summed E-state index contributed by atoms with van der Waals surface area (Å²) in [5.74, 6) is 0.463. The van der Waals surface area contributed by atoms with Crippen LogP contribution in [0, 0.1) is 5.41 Å². The molecule has 0 radical (unpaired) electrons. The van der Waals surface area contributed by atoms with Crippen LogP contribution in [0.1, 0.15) is 18.4 Å². The van der Waals surface area contributed by atoms with Gasteiger partial charge in [0.2, 0.25) is 11.8 Å². The maximum atomic E-state index is 12.3. The van der Waals surface area contributed by atoms with Crippen LogP contribution in [0.5, 0.6) is 5.75 Å². The van der Waals surface area contributed by atoms with Gasteiger partial charge in [-0.2, -0.15) is 0 Å². The van der Waals surface area contributed by atoms with E-state index in [-0.39, 0.29) is 11.8 Å².